The minimum absolute atomic E-state index is 0.340. The second-order valence-electron chi connectivity index (χ2n) is 6.79. The number of hydrogen-bond acceptors (Lipinski definition) is 4. The first-order valence-electron chi connectivity index (χ1n) is 9.63. The van der Waals surface area contributed by atoms with Gasteiger partial charge in [0.25, 0.3) is 0 Å². The van der Waals surface area contributed by atoms with Crippen LogP contribution in [0.1, 0.15) is 43.0 Å². The molecule has 0 bridgehead atoms. The molecule has 0 heterocycles. The van der Waals surface area contributed by atoms with Crippen molar-refractivity contribution < 1.29 is 19.1 Å². The summed E-state index contributed by atoms with van der Waals surface area (Å²) < 4.78 is 11.7. The Morgan fingerprint density at radius 3 is 1.28 bits per heavy atom. The van der Waals surface area contributed by atoms with Crippen LogP contribution in [0.15, 0.2) is 60.7 Å². The Hall–Kier alpha value is -2.46. The van der Waals surface area contributed by atoms with Gasteiger partial charge >= 0.3 is 11.9 Å². The molecule has 6 heteroatoms. The van der Waals surface area contributed by atoms with E-state index in [1.807, 2.05) is 36.4 Å². The molecule has 0 aliphatic heterocycles. The van der Waals surface area contributed by atoms with Crippen LogP contribution in [0.4, 0.5) is 0 Å². The molecule has 0 saturated carbocycles. The van der Waals surface area contributed by atoms with Crippen molar-refractivity contribution in [1.82, 2.24) is 0 Å². The molecule has 0 aromatic heterocycles. The van der Waals surface area contributed by atoms with Crippen molar-refractivity contribution in [3.8, 4) is 0 Å². The quantitative estimate of drug-likeness (QED) is 0.167. The zero-order valence-corrected chi connectivity index (χ0v) is 21.8. The maximum absolute atomic E-state index is 11.6. The number of ether oxygens (including phenoxy) is 2. The van der Waals surface area contributed by atoms with Crippen LogP contribution < -0.4 is 0 Å². The third kappa shape index (κ3) is 6.29. The van der Waals surface area contributed by atoms with Gasteiger partial charge in [-0.25, -0.2) is 9.59 Å². The van der Waals surface area contributed by atoms with Crippen LogP contribution in [0.2, 0.25) is 0 Å². The van der Waals surface area contributed by atoms with Crippen LogP contribution in [0, 0.1) is 7.14 Å². The highest BCUT2D eigenvalue weighted by atomic mass is 127. The van der Waals surface area contributed by atoms with Gasteiger partial charge in [0, 0.05) is 7.14 Å². The predicted octanol–water partition coefficient (Wildman–Crippen LogP) is 6.81. The number of carbonyl (C=O) groups is 2. The van der Waals surface area contributed by atoms with Crippen LogP contribution in [0.3, 0.4) is 0 Å². The van der Waals surface area contributed by atoms with E-state index >= 15 is 0 Å². The second-order valence-corrected chi connectivity index (χ2v) is 9.11. The van der Waals surface area contributed by atoms with Crippen molar-refractivity contribution in [1.29, 1.82) is 0 Å². The van der Waals surface area contributed by atoms with Gasteiger partial charge in [-0.05, 0) is 104 Å². The smallest absolute Gasteiger partial charge is 0.337 e. The monoisotopic (exact) mass is 650 g/mol. The number of benzene rings is 3. The molecular weight excluding hydrogens is 630 g/mol. The molecule has 3 aromatic carbocycles. The Balaban J connectivity index is 1.74. The number of halogens is 2. The van der Waals surface area contributed by atoms with E-state index in [-0.39, 0.29) is 11.9 Å². The second kappa shape index (κ2) is 11.4. The van der Waals surface area contributed by atoms with Crippen molar-refractivity contribution in [2.75, 3.05) is 14.2 Å². The molecule has 3 rings (SSSR count). The van der Waals surface area contributed by atoms with Gasteiger partial charge in [0.05, 0.1) is 25.3 Å². The van der Waals surface area contributed by atoms with Gasteiger partial charge in [0.1, 0.15) is 0 Å². The highest BCUT2D eigenvalue weighted by Crippen LogP contribution is 2.24. The number of methoxy groups -OCH3 is 2. The molecule has 0 aliphatic rings. The summed E-state index contributed by atoms with van der Waals surface area (Å²) in [5, 5.41) is 0. The van der Waals surface area contributed by atoms with Crippen molar-refractivity contribution in [2.24, 2.45) is 0 Å². The maximum atomic E-state index is 11.6. The molecule has 0 radical (unpaired) electrons. The Labute approximate surface area is 214 Å². The van der Waals surface area contributed by atoms with E-state index < -0.39 is 0 Å². The van der Waals surface area contributed by atoms with E-state index in [0.29, 0.717) is 11.1 Å². The van der Waals surface area contributed by atoms with Crippen LogP contribution in [-0.2, 0) is 9.47 Å². The van der Waals surface area contributed by atoms with E-state index in [4.69, 9.17) is 9.47 Å². The fourth-order valence-electron chi connectivity index (χ4n) is 2.90. The predicted molar refractivity (Wildman–Crippen MR) is 145 cm³/mol. The Morgan fingerprint density at radius 1 is 0.625 bits per heavy atom. The highest BCUT2D eigenvalue weighted by molar-refractivity contribution is 14.1. The molecule has 0 spiro atoms. The van der Waals surface area contributed by atoms with Crippen molar-refractivity contribution >= 4 is 81.4 Å². The molecule has 0 atom stereocenters. The SMILES string of the molecule is COC(=O)c1ccc(/C=C/c2cc(I)c(/C=C/c3ccc(C(=O)OC)cc3)cc2I)cc1. The zero-order valence-electron chi connectivity index (χ0n) is 17.5. The molecule has 0 unspecified atom stereocenters. The summed E-state index contributed by atoms with van der Waals surface area (Å²) >= 11 is 4.67. The Morgan fingerprint density at radius 2 is 0.969 bits per heavy atom. The molecule has 0 fully saturated rings. The lowest BCUT2D eigenvalue weighted by molar-refractivity contribution is 0.0592. The van der Waals surface area contributed by atoms with Crippen LogP contribution in [0.25, 0.3) is 24.3 Å². The molecule has 0 aliphatic carbocycles. The minimum Gasteiger partial charge on any atom is -0.465 e. The lowest BCUT2D eigenvalue weighted by Gasteiger charge is -2.05. The fraction of sp³-hybridized carbons (Fsp3) is 0.0769. The largest absolute Gasteiger partial charge is 0.465 e. The van der Waals surface area contributed by atoms with Crippen molar-refractivity contribution in [3.63, 3.8) is 0 Å². The van der Waals surface area contributed by atoms with Gasteiger partial charge in [-0.1, -0.05) is 48.6 Å². The van der Waals surface area contributed by atoms with E-state index in [1.54, 1.807) is 24.3 Å². The van der Waals surface area contributed by atoms with E-state index in [1.165, 1.54) is 14.2 Å². The summed E-state index contributed by atoms with van der Waals surface area (Å²) in [6.45, 7) is 0. The maximum Gasteiger partial charge on any atom is 0.337 e. The molecule has 3 aromatic rings. The first-order chi connectivity index (χ1) is 15.4. The number of hydrogen-bond donors (Lipinski definition) is 0. The fourth-order valence-corrected chi connectivity index (χ4v) is 4.24. The van der Waals surface area contributed by atoms with Gasteiger partial charge in [-0.2, -0.15) is 0 Å². The zero-order chi connectivity index (χ0) is 23.1. The standard InChI is InChI=1S/C26H20I2O4/c1-31-25(29)19-9-3-17(4-10-19)7-13-21-15-24(28)22(16-23(21)27)14-8-18-5-11-20(12-6-18)26(30)32-2/h3-16H,1-2H3/b13-7+,14-8+. The number of carbonyl (C=O) groups excluding carboxylic acids is 2. The lowest BCUT2D eigenvalue weighted by Crippen LogP contribution is -2.00. The van der Waals surface area contributed by atoms with Crippen LogP contribution in [0.5, 0.6) is 0 Å². The molecule has 0 saturated heterocycles. The highest BCUT2D eigenvalue weighted by Gasteiger charge is 2.06. The molecule has 0 amide bonds. The van der Waals surface area contributed by atoms with E-state index in [2.05, 4.69) is 69.5 Å². The third-order valence-corrected chi connectivity index (χ3v) is 6.56. The summed E-state index contributed by atoms with van der Waals surface area (Å²) in [7, 11) is 2.75. The normalized spacial score (nSPS) is 11.1. The first-order valence-corrected chi connectivity index (χ1v) is 11.8. The van der Waals surface area contributed by atoms with Gasteiger partial charge < -0.3 is 9.47 Å². The average Bonchev–Trinajstić information content (AvgIpc) is 2.83. The van der Waals surface area contributed by atoms with E-state index in [0.717, 1.165) is 29.4 Å². The van der Waals surface area contributed by atoms with Gasteiger partial charge in [-0.15, -0.1) is 0 Å². The first kappa shape index (κ1) is 24.2. The van der Waals surface area contributed by atoms with Crippen LogP contribution in [-0.4, -0.2) is 26.2 Å². The van der Waals surface area contributed by atoms with Gasteiger partial charge in [0.15, 0.2) is 0 Å². The Bertz CT molecular complexity index is 1080. The van der Waals surface area contributed by atoms with E-state index in [9.17, 15) is 9.59 Å². The molecule has 4 nitrogen and oxygen atoms in total. The topological polar surface area (TPSA) is 52.6 Å². The molecular formula is C26H20I2O4. The summed E-state index contributed by atoms with van der Waals surface area (Å²) in [5.74, 6) is -0.680. The number of rotatable bonds is 6. The average molecular weight is 650 g/mol. The summed E-state index contributed by atoms with van der Waals surface area (Å²) in [4.78, 5) is 23.1. The van der Waals surface area contributed by atoms with Crippen molar-refractivity contribution in [3.05, 3.63) is 101 Å². The lowest BCUT2D eigenvalue weighted by atomic mass is 10.1. The van der Waals surface area contributed by atoms with Crippen molar-refractivity contribution in [2.45, 2.75) is 0 Å². The summed E-state index contributed by atoms with van der Waals surface area (Å²) in [6.07, 6.45) is 8.17. The summed E-state index contributed by atoms with van der Waals surface area (Å²) in [6, 6.07) is 18.9. The van der Waals surface area contributed by atoms with Crippen LogP contribution >= 0.6 is 45.2 Å². The van der Waals surface area contributed by atoms with Gasteiger partial charge in [-0.3, -0.25) is 0 Å². The molecule has 32 heavy (non-hydrogen) atoms. The molecule has 162 valence electrons. The minimum atomic E-state index is -0.340. The number of esters is 2. The Kier molecular flexibility index (Phi) is 8.63. The van der Waals surface area contributed by atoms with Gasteiger partial charge in [0.2, 0.25) is 0 Å². The third-order valence-electron chi connectivity index (χ3n) is 4.69. The summed E-state index contributed by atoms with van der Waals surface area (Å²) in [5.41, 5.74) is 5.30. The molecule has 0 N–H and O–H groups in total.